The van der Waals surface area contributed by atoms with Crippen molar-refractivity contribution in [2.24, 2.45) is 5.92 Å². The Balaban J connectivity index is 1.89. The molecule has 2 heteroatoms. The van der Waals surface area contributed by atoms with E-state index in [1.807, 2.05) is 0 Å². The molecule has 0 aromatic heterocycles. The first-order valence-corrected chi connectivity index (χ1v) is 6.98. The molecule has 0 aliphatic carbocycles. The Morgan fingerprint density at radius 3 is 2.76 bits per heavy atom. The summed E-state index contributed by atoms with van der Waals surface area (Å²) in [5.74, 6) is 7.19. The fraction of sp³-hybridized carbons (Fsp3) is 0.867. The van der Waals surface area contributed by atoms with Crippen molar-refractivity contribution in [1.29, 1.82) is 0 Å². The quantitative estimate of drug-likeness (QED) is 0.518. The standard InChI is InChI=1S/C15H26O2/c1-14(2)10-6-4-3-5-8-12-16-15-11-7-9-13-17-15/h14-15H,5-13H2,1-2H3. The zero-order valence-corrected chi connectivity index (χ0v) is 11.3. The Labute approximate surface area is 106 Å². The summed E-state index contributed by atoms with van der Waals surface area (Å²) in [5, 5.41) is 0. The van der Waals surface area contributed by atoms with E-state index in [1.54, 1.807) is 0 Å². The van der Waals surface area contributed by atoms with Crippen LogP contribution in [0.2, 0.25) is 0 Å². The topological polar surface area (TPSA) is 18.5 Å². The molecule has 2 nitrogen and oxygen atoms in total. The van der Waals surface area contributed by atoms with E-state index in [4.69, 9.17) is 9.47 Å². The normalized spacial score (nSPS) is 20.1. The van der Waals surface area contributed by atoms with Crippen molar-refractivity contribution in [3.63, 3.8) is 0 Å². The highest BCUT2D eigenvalue weighted by Gasteiger charge is 2.12. The van der Waals surface area contributed by atoms with Crippen molar-refractivity contribution < 1.29 is 9.47 Å². The molecule has 1 aliphatic heterocycles. The van der Waals surface area contributed by atoms with Crippen LogP contribution in [0.3, 0.4) is 0 Å². The average molecular weight is 238 g/mol. The maximum atomic E-state index is 5.64. The molecular formula is C15H26O2. The fourth-order valence-electron chi connectivity index (χ4n) is 1.76. The molecule has 1 heterocycles. The summed E-state index contributed by atoms with van der Waals surface area (Å²) in [7, 11) is 0. The molecule has 1 unspecified atom stereocenters. The van der Waals surface area contributed by atoms with Gasteiger partial charge in [-0.25, -0.2) is 0 Å². The number of hydrogen-bond donors (Lipinski definition) is 0. The van der Waals surface area contributed by atoms with E-state index < -0.39 is 0 Å². The van der Waals surface area contributed by atoms with Gasteiger partial charge in [0.25, 0.3) is 0 Å². The average Bonchev–Trinajstić information content (AvgIpc) is 2.33. The van der Waals surface area contributed by atoms with Gasteiger partial charge in [0.05, 0.1) is 6.61 Å². The van der Waals surface area contributed by atoms with Crippen LogP contribution in [0.5, 0.6) is 0 Å². The Bertz CT molecular complexity index is 231. The van der Waals surface area contributed by atoms with Gasteiger partial charge in [0.15, 0.2) is 6.29 Å². The molecule has 0 bridgehead atoms. The fourth-order valence-corrected chi connectivity index (χ4v) is 1.76. The van der Waals surface area contributed by atoms with Crippen LogP contribution in [0.25, 0.3) is 0 Å². The molecule has 0 saturated carbocycles. The van der Waals surface area contributed by atoms with E-state index in [1.165, 1.54) is 19.3 Å². The molecule has 0 aromatic carbocycles. The number of unbranched alkanes of at least 4 members (excludes halogenated alkanes) is 1. The van der Waals surface area contributed by atoms with Crippen molar-refractivity contribution >= 4 is 0 Å². The van der Waals surface area contributed by atoms with Gasteiger partial charge in [-0.1, -0.05) is 13.8 Å². The second kappa shape index (κ2) is 9.50. The van der Waals surface area contributed by atoms with E-state index in [0.717, 1.165) is 44.8 Å². The molecule has 98 valence electrons. The Morgan fingerprint density at radius 2 is 2.06 bits per heavy atom. The minimum atomic E-state index is 0.0534. The van der Waals surface area contributed by atoms with Crippen LogP contribution < -0.4 is 0 Å². The van der Waals surface area contributed by atoms with Gasteiger partial charge < -0.3 is 9.47 Å². The second-order valence-electron chi connectivity index (χ2n) is 5.06. The summed E-state index contributed by atoms with van der Waals surface area (Å²) < 4.78 is 11.1. The summed E-state index contributed by atoms with van der Waals surface area (Å²) in [6.45, 7) is 6.11. The molecular weight excluding hydrogens is 212 g/mol. The van der Waals surface area contributed by atoms with Gasteiger partial charge in [0.2, 0.25) is 0 Å². The molecule has 0 N–H and O–H groups in total. The van der Waals surface area contributed by atoms with E-state index in [0.29, 0.717) is 0 Å². The first kappa shape index (κ1) is 14.5. The minimum Gasteiger partial charge on any atom is -0.353 e. The molecule has 1 rings (SSSR count). The van der Waals surface area contributed by atoms with Gasteiger partial charge in [-0.3, -0.25) is 0 Å². The van der Waals surface area contributed by atoms with Crippen LogP contribution in [-0.2, 0) is 9.47 Å². The zero-order valence-electron chi connectivity index (χ0n) is 11.3. The molecule has 1 fully saturated rings. The lowest BCUT2D eigenvalue weighted by atomic mass is 10.1. The number of rotatable bonds is 6. The molecule has 17 heavy (non-hydrogen) atoms. The third kappa shape index (κ3) is 8.24. The Hall–Kier alpha value is -0.520. The van der Waals surface area contributed by atoms with Crippen LogP contribution in [0.4, 0.5) is 0 Å². The van der Waals surface area contributed by atoms with E-state index in [-0.39, 0.29) is 6.29 Å². The van der Waals surface area contributed by atoms with Gasteiger partial charge in [0.1, 0.15) is 0 Å². The minimum absolute atomic E-state index is 0.0534. The Kier molecular flexibility index (Phi) is 8.13. The molecule has 0 aromatic rings. The third-order valence-corrected chi connectivity index (χ3v) is 2.86. The van der Waals surface area contributed by atoms with Gasteiger partial charge in [-0.15, -0.1) is 11.8 Å². The van der Waals surface area contributed by atoms with Crippen molar-refractivity contribution in [3.05, 3.63) is 0 Å². The van der Waals surface area contributed by atoms with Crippen molar-refractivity contribution in [2.75, 3.05) is 13.2 Å². The van der Waals surface area contributed by atoms with Gasteiger partial charge in [0, 0.05) is 19.4 Å². The zero-order chi connectivity index (χ0) is 12.3. The van der Waals surface area contributed by atoms with Crippen molar-refractivity contribution in [3.8, 4) is 11.8 Å². The first-order chi connectivity index (χ1) is 8.29. The number of hydrogen-bond acceptors (Lipinski definition) is 2. The van der Waals surface area contributed by atoms with E-state index in [9.17, 15) is 0 Å². The summed E-state index contributed by atoms with van der Waals surface area (Å²) in [4.78, 5) is 0. The van der Waals surface area contributed by atoms with Crippen LogP contribution in [0.1, 0.15) is 58.8 Å². The molecule has 1 aliphatic rings. The first-order valence-electron chi connectivity index (χ1n) is 6.98. The molecule has 0 amide bonds. The lowest BCUT2D eigenvalue weighted by Crippen LogP contribution is -2.22. The predicted molar refractivity (Wildman–Crippen MR) is 70.6 cm³/mol. The van der Waals surface area contributed by atoms with Crippen molar-refractivity contribution in [2.45, 2.75) is 65.1 Å². The van der Waals surface area contributed by atoms with Gasteiger partial charge in [-0.05, 0) is 38.0 Å². The summed E-state index contributed by atoms with van der Waals surface area (Å²) in [5.41, 5.74) is 0. The van der Waals surface area contributed by atoms with Crippen molar-refractivity contribution in [1.82, 2.24) is 0 Å². The van der Waals surface area contributed by atoms with Crippen LogP contribution >= 0.6 is 0 Å². The lowest BCUT2D eigenvalue weighted by molar-refractivity contribution is -0.162. The van der Waals surface area contributed by atoms with Crippen LogP contribution in [-0.4, -0.2) is 19.5 Å². The summed E-state index contributed by atoms with van der Waals surface area (Å²) in [6, 6.07) is 0. The molecule has 1 atom stereocenters. The largest absolute Gasteiger partial charge is 0.353 e. The van der Waals surface area contributed by atoms with E-state index >= 15 is 0 Å². The monoisotopic (exact) mass is 238 g/mol. The molecule has 0 radical (unpaired) electrons. The lowest BCUT2D eigenvalue weighted by Gasteiger charge is -2.22. The highest BCUT2D eigenvalue weighted by Crippen LogP contribution is 2.13. The van der Waals surface area contributed by atoms with Crippen LogP contribution in [0, 0.1) is 17.8 Å². The maximum absolute atomic E-state index is 5.64. The maximum Gasteiger partial charge on any atom is 0.157 e. The Morgan fingerprint density at radius 1 is 1.24 bits per heavy atom. The second-order valence-corrected chi connectivity index (χ2v) is 5.06. The molecule has 0 spiro atoms. The SMILES string of the molecule is CC(C)CCC#CCCCOC1CCCCO1. The van der Waals surface area contributed by atoms with Gasteiger partial charge in [-0.2, -0.15) is 0 Å². The number of ether oxygens (including phenoxy) is 2. The summed E-state index contributed by atoms with van der Waals surface area (Å²) in [6.07, 6.45) is 7.74. The highest BCUT2D eigenvalue weighted by atomic mass is 16.7. The smallest absolute Gasteiger partial charge is 0.157 e. The van der Waals surface area contributed by atoms with Gasteiger partial charge >= 0.3 is 0 Å². The van der Waals surface area contributed by atoms with Crippen LogP contribution in [0.15, 0.2) is 0 Å². The third-order valence-electron chi connectivity index (χ3n) is 2.86. The molecule has 1 saturated heterocycles. The van der Waals surface area contributed by atoms with E-state index in [2.05, 4.69) is 25.7 Å². The predicted octanol–water partition coefficient (Wildman–Crippen LogP) is 3.75. The highest BCUT2D eigenvalue weighted by molar-refractivity contribution is 4.98. The summed E-state index contributed by atoms with van der Waals surface area (Å²) >= 11 is 0.